The van der Waals surface area contributed by atoms with Gasteiger partial charge in [0.1, 0.15) is 14.9 Å². The normalized spacial score (nSPS) is 11.5. The van der Waals surface area contributed by atoms with Crippen LogP contribution < -0.4 is 21.3 Å². The molecule has 0 atom stereocenters. The number of unbranched alkanes of at least 4 members (excludes halogenated alkanes) is 1. The van der Waals surface area contributed by atoms with Crippen LogP contribution in [0.2, 0.25) is 0 Å². The number of anilines is 2. The fraction of sp³-hybridized carbons (Fsp3) is 0.556. The third kappa shape index (κ3) is 14.7. The van der Waals surface area contributed by atoms with E-state index in [4.69, 9.17) is 14.2 Å². The van der Waals surface area contributed by atoms with E-state index in [1.165, 1.54) is 0 Å². The van der Waals surface area contributed by atoms with Crippen LogP contribution in [0.3, 0.4) is 0 Å². The van der Waals surface area contributed by atoms with E-state index in [0.29, 0.717) is 81.9 Å². The molecule has 4 amide bonds. The number of ether oxygens (including phenoxy) is 3. The molecular weight excluding hydrogens is 783 g/mol. The van der Waals surface area contributed by atoms with Crippen LogP contribution >= 0.6 is 22.6 Å². The molecule has 0 unspecified atom stereocenters. The Hall–Kier alpha value is -4.35. The Labute approximate surface area is 319 Å². The maximum atomic E-state index is 13.2. The molecule has 1 aromatic carbocycles. The number of carbonyl (C=O) groups excluding carboxylic acids is 4. The van der Waals surface area contributed by atoms with E-state index >= 15 is 0 Å². The van der Waals surface area contributed by atoms with Crippen molar-refractivity contribution in [2.24, 2.45) is 0 Å². The first kappa shape index (κ1) is 42.1. The Morgan fingerprint density at radius 2 is 1.52 bits per heavy atom. The molecule has 15 nitrogen and oxygen atoms in total. The van der Waals surface area contributed by atoms with Gasteiger partial charge in [-0.1, -0.05) is 6.92 Å². The van der Waals surface area contributed by atoms with Gasteiger partial charge in [-0.3, -0.25) is 9.20 Å². The molecule has 0 aliphatic rings. The van der Waals surface area contributed by atoms with Crippen LogP contribution in [0, 0.1) is 3.70 Å². The van der Waals surface area contributed by atoms with Gasteiger partial charge >= 0.3 is 18.3 Å². The molecule has 0 aliphatic carbocycles. The second-order valence-electron chi connectivity index (χ2n) is 14.0. The lowest BCUT2D eigenvalue weighted by Gasteiger charge is -2.27. The van der Waals surface area contributed by atoms with E-state index < -0.39 is 29.5 Å². The summed E-state index contributed by atoms with van der Waals surface area (Å²) in [6, 6.07) is 5.59. The monoisotopic (exact) mass is 836 g/mol. The number of nitrogens with zero attached hydrogens (tertiary/aromatic N) is 4. The van der Waals surface area contributed by atoms with Crippen LogP contribution in [-0.4, -0.2) is 94.0 Å². The molecule has 16 heteroatoms. The van der Waals surface area contributed by atoms with Crippen molar-refractivity contribution in [3.8, 4) is 0 Å². The summed E-state index contributed by atoms with van der Waals surface area (Å²) in [5.41, 5.74) is 1.75. The molecule has 286 valence electrons. The summed E-state index contributed by atoms with van der Waals surface area (Å²) in [4.78, 5) is 60.3. The largest absolute Gasteiger partial charge is 0.449 e. The molecule has 0 bridgehead atoms. The fourth-order valence-electron chi connectivity index (χ4n) is 4.90. The smallest absolute Gasteiger partial charge is 0.410 e. The van der Waals surface area contributed by atoms with Gasteiger partial charge in [0, 0.05) is 56.4 Å². The van der Waals surface area contributed by atoms with Gasteiger partial charge in [0.15, 0.2) is 11.5 Å². The molecule has 52 heavy (non-hydrogen) atoms. The second kappa shape index (κ2) is 20.0. The summed E-state index contributed by atoms with van der Waals surface area (Å²) in [7, 11) is 0. The summed E-state index contributed by atoms with van der Waals surface area (Å²) < 4.78 is 18.8. The number of hydrogen-bond donors (Lipinski definition) is 4. The van der Waals surface area contributed by atoms with Crippen molar-refractivity contribution >= 4 is 63.9 Å². The van der Waals surface area contributed by atoms with Crippen molar-refractivity contribution in [1.29, 1.82) is 0 Å². The van der Waals surface area contributed by atoms with E-state index in [2.05, 4.69) is 53.8 Å². The number of aromatic nitrogens is 3. The highest BCUT2D eigenvalue weighted by molar-refractivity contribution is 14.1. The third-order valence-electron chi connectivity index (χ3n) is 7.27. The van der Waals surface area contributed by atoms with Crippen LogP contribution in [0.15, 0.2) is 36.8 Å². The molecule has 3 aromatic rings. The van der Waals surface area contributed by atoms with Gasteiger partial charge in [-0.05, 0) is 120 Å². The van der Waals surface area contributed by atoms with Gasteiger partial charge in [-0.25, -0.2) is 24.4 Å². The van der Waals surface area contributed by atoms with Crippen molar-refractivity contribution in [2.45, 2.75) is 91.8 Å². The maximum absolute atomic E-state index is 13.2. The van der Waals surface area contributed by atoms with Crippen LogP contribution in [0.1, 0.15) is 90.1 Å². The fourth-order valence-corrected chi connectivity index (χ4v) is 5.43. The Morgan fingerprint density at radius 3 is 2.23 bits per heavy atom. The van der Waals surface area contributed by atoms with Crippen molar-refractivity contribution < 1.29 is 33.4 Å². The Balaban J connectivity index is 1.41. The first-order valence-corrected chi connectivity index (χ1v) is 18.6. The van der Waals surface area contributed by atoms with E-state index in [9.17, 15) is 19.2 Å². The molecule has 0 fully saturated rings. The van der Waals surface area contributed by atoms with Crippen molar-refractivity contribution in [2.75, 3.05) is 44.6 Å². The maximum Gasteiger partial charge on any atom is 0.410 e. The average molecular weight is 837 g/mol. The van der Waals surface area contributed by atoms with Gasteiger partial charge in [0.05, 0.1) is 12.8 Å². The zero-order chi connectivity index (χ0) is 38.3. The van der Waals surface area contributed by atoms with E-state index in [1.54, 1.807) is 44.1 Å². The zero-order valence-electron chi connectivity index (χ0n) is 31.3. The molecule has 0 aliphatic heterocycles. The Kier molecular flexibility index (Phi) is 16.2. The van der Waals surface area contributed by atoms with Crippen LogP contribution in [-0.2, 0) is 20.6 Å². The topological polar surface area (TPSA) is 178 Å². The van der Waals surface area contributed by atoms with Crippen LogP contribution in [0.4, 0.5) is 25.9 Å². The second-order valence-corrected chi connectivity index (χ2v) is 15.1. The summed E-state index contributed by atoms with van der Waals surface area (Å²) in [5, 5.41) is 11.6. The zero-order valence-corrected chi connectivity index (χ0v) is 33.4. The van der Waals surface area contributed by atoms with Crippen molar-refractivity contribution in [1.82, 2.24) is 35.2 Å². The van der Waals surface area contributed by atoms with Gasteiger partial charge in [-0.15, -0.1) is 0 Å². The number of imidazole rings is 1. The number of halogens is 1. The predicted molar refractivity (Wildman–Crippen MR) is 207 cm³/mol. The minimum atomic E-state index is -0.658. The third-order valence-corrected chi connectivity index (χ3v) is 8.06. The highest BCUT2D eigenvalue weighted by atomic mass is 127. The number of fused-ring (bicyclic) bond motifs is 1. The van der Waals surface area contributed by atoms with E-state index in [-0.39, 0.29) is 12.5 Å². The number of amides is 4. The van der Waals surface area contributed by atoms with Crippen LogP contribution in [0.25, 0.3) is 5.65 Å². The molecule has 0 spiro atoms. The molecule has 0 saturated carbocycles. The number of alkyl carbamates (subject to hydrolysis) is 2. The lowest BCUT2D eigenvalue weighted by atomic mass is 10.0. The molecular formula is C36H53IN8O7. The molecule has 0 saturated heterocycles. The first-order chi connectivity index (χ1) is 24.6. The first-order valence-electron chi connectivity index (χ1n) is 17.6. The summed E-state index contributed by atoms with van der Waals surface area (Å²) in [6.07, 6.45) is 6.71. The van der Waals surface area contributed by atoms with Crippen molar-refractivity contribution in [3.05, 3.63) is 51.6 Å². The average Bonchev–Trinajstić information content (AvgIpc) is 3.44. The minimum absolute atomic E-state index is 0.147. The Morgan fingerprint density at radius 1 is 0.846 bits per heavy atom. The van der Waals surface area contributed by atoms with Gasteiger partial charge in [0.2, 0.25) is 0 Å². The summed E-state index contributed by atoms with van der Waals surface area (Å²) >= 11 is 2.22. The Bertz CT molecular complexity index is 1650. The number of nitrogens with one attached hydrogen (secondary N) is 4. The van der Waals surface area contributed by atoms with Gasteiger partial charge in [-0.2, -0.15) is 0 Å². The lowest BCUT2D eigenvalue weighted by molar-refractivity contribution is 0.0244. The number of benzene rings is 1. The molecule has 0 radical (unpaired) electrons. The summed E-state index contributed by atoms with van der Waals surface area (Å²) in [6.45, 7) is 14.8. The van der Waals surface area contributed by atoms with Gasteiger partial charge < -0.3 is 40.4 Å². The van der Waals surface area contributed by atoms with Crippen LogP contribution in [0.5, 0.6) is 0 Å². The lowest BCUT2D eigenvalue weighted by Crippen LogP contribution is -2.39. The minimum Gasteiger partial charge on any atom is -0.449 e. The number of hydrogen-bond acceptors (Lipinski definition) is 10. The number of rotatable bonds is 17. The summed E-state index contributed by atoms with van der Waals surface area (Å²) in [5.74, 6) is 0.434. The highest BCUT2D eigenvalue weighted by Gasteiger charge is 2.22. The quantitative estimate of drug-likeness (QED) is 0.0675. The predicted octanol–water partition coefficient (Wildman–Crippen LogP) is 6.42. The standard InChI is InChI=1S/C36H53IN8O7/c1-8-25-23-26(43-29-30-42-24-28(37)45(30)21-18-38-29)13-14-27(25)31(46)39-16-11-20-44(34(49)52-36(5,6)7)19-10-9-15-40-32(47)50-22-12-17-41-33(48)51-35(2,3)4/h13-14,18,21,23-24H,8-12,15-17,19-20,22H2,1-7H3,(H,38,43)(H,39,46)(H,40,47)(H,41,48). The molecule has 2 aromatic heterocycles. The number of aryl methyl sites for hydroxylation is 1. The molecule has 3 rings (SSSR count). The highest BCUT2D eigenvalue weighted by Crippen LogP contribution is 2.23. The van der Waals surface area contributed by atoms with E-state index in [1.807, 2.05) is 50.4 Å². The van der Waals surface area contributed by atoms with Gasteiger partial charge in [0.25, 0.3) is 5.91 Å². The van der Waals surface area contributed by atoms with Crippen molar-refractivity contribution in [3.63, 3.8) is 0 Å². The molecule has 2 heterocycles. The molecule has 4 N–H and O–H groups in total. The number of carbonyl (C=O) groups is 4. The SMILES string of the molecule is CCc1cc(Nc2nccn3c(I)cnc23)ccc1C(=O)NCCCN(CCCCNC(=O)OCCCNC(=O)OC(C)(C)C)C(=O)OC(C)(C)C. The van der Waals surface area contributed by atoms with E-state index in [0.717, 1.165) is 15.0 Å².